The van der Waals surface area contributed by atoms with Gasteiger partial charge in [0.05, 0.1) is 14.4 Å². The van der Waals surface area contributed by atoms with Crippen LogP contribution in [0.4, 0.5) is 5.82 Å². The fourth-order valence-electron chi connectivity index (χ4n) is 3.83. The molecule has 1 aliphatic heterocycles. The van der Waals surface area contributed by atoms with Crippen molar-refractivity contribution in [1.82, 2.24) is 14.9 Å². The van der Waals surface area contributed by atoms with Crippen molar-refractivity contribution in [2.75, 3.05) is 19.5 Å². The van der Waals surface area contributed by atoms with E-state index >= 15 is 0 Å². The highest BCUT2D eigenvalue weighted by Gasteiger charge is 2.54. The van der Waals surface area contributed by atoms with Gasteiger partial charge in [-0.15, -0.1) is 0 Å². The summed E-state index contributed by atoms with van der Waals surface area (Å²) in [5.74, 6) is 0.531. The van der Waals surface area contributed by atoms with E-state index in [0.29, 0.717) is 22.0 Å². The minimum absolute atomic E-state index is 0.00483. The third kappa shape index (κ3) is 7.36. The number of aryl methyl sites for hydroxylation is 1. The molecule has 3 rings (SSSR count). The molecular weight excluding hydrogens is 597 g/mol. The second kappa shape index (κ2) is 12.1. The Morgan fingerprint density at radius 1 is 1.15 bits per heavy atom. The quantitative estimate of drug-likeness (QED) is 0.301. The Hall–Kier alpha value is -1.64. The van der Waals surface area contributed by atoms with Gasteiger partial charge in [-0.05, 0) is 19.4 Å². The van der Waals surface area contributed by atoms with Gasteiger partial charge in [-0.25, -0.2) is 9.97 Å². The van der Waals surface area contributed by atoms with Crippen LogP contribution < -0.4 is 25.3 Å². The molecule has 0 spiro atoms. The van der Waals surface area contributed by atoms with Crippen LogP contribution in [0, 0.1) is 6.92 Å². The Bertz CT molecular complexity index is 1380. The number of hydrogen-bond acceptors (Lipinski definition) is 16. The Balaban J connectivity index is 2.02. The molecule has 0 fully saturated rings. The molecule has 2 heterocycles. The number of hydrogen-bond donors (Lipinski definition) is 2. The molecule has 1 aromatic carbocycles. The molecule has 0 bridgehead atoms. The lowest BCUT2D eigenvalue weighted by atomic mass is 10.1. The van der Waals surface area contributed by atoms with Crippen molar-refractivity contribution < 1.29 is 51.7 Å². The van der Waals surface area contributed by atoms with Crippen molar-refractivity contribution in [2.45, 2.75) is 37.5 Å². The van der Waals surface area contributed by atoms with E-state index in [9.17, 15) is 38.4 Å². The molecule has 0 radical (unpaired) electrons. The lowest BCUT2D eigenvalue weighted by Gasteiger charge is -2.46. The molecule has 0 saturated heterocycles. The first kappa shape index (κ1) is 31.9. The van der Waals surface area contributed by atoms with E-state index in [4.69, 9.17) is 10.3 Å². The lowest BCUT2D eigenvalue weighted by molar-refractivity contribution is -0.339. The summed E-state index contributed by atoms with van der Waals surface area (Å²) in [5, 5.41) is 7.99. The van der Waals surface area contributed by atoms with E-state index in [1.54, 1.807) is 19.9 Å². The summed E-state index contributed by atoms with van der Waals surface area (Å²) in [7, 11) is -15.5. The minimum atomic E-state index is -5.87. The lowest BCUT2D eigenvalue weighted by Crippen LogP contribution is -2.48. The van der Waals surface area contributed by atoms with Crippen molar-refractivity contribution >= 4 is 40.8 Å². The van der Waals surface area contributed by atoms with Crippen molar-refractivity contribution in [3.63, 3.8) is 0 Å². The van der Waals surface area contributed by atoms with Gasteiger partial charge in [0.1, 0.15) is 17.0 Å². The number of nitrogens with two attached hydrogens (primary N) is 1. The smallest absolute Gasteiger partial charge is 0.271 e. The largest absolute Gasteiger partial charge is 0.790 e. The predicted molar refractivity (Wildman–Crippen MR) is 133 cm³/mol. The van der Waals surface area contributed by atoms with Crippen molar-refractivity contribution in [3.05, 3.63) is 64.1 Å². The third-order valence-corrected chi connectivity index (χ3v) is 11.4. The molecule has 0 saturated carbocycles. The molecule has 15 nitrogen and oxygen atoms in total. The maximum absolute atomic E-state index is 13.3. The number of phosphoric ester groups is 1. The molecule has 19 heteroatoms. The highest BCUT2D eigenvalue weighted by molar-refractivity contribution is 8.04. The first-order valence-corrected chi connectivity index (χ1v) is 16.4. The summed E-state index contributed by atoms with van der Waals surface area (Å²) in [5.41, 5.74) is 6.89. The number of thioether (sulfide) groups is 1. The fraction of sp³-hybridized carbons (Fsp3) is 0.400. The molecule has 216 valence electrons. The summed E-state index contributed by atoms with van der Waals surface area (Å²) >= 11 is 0.894. The number of benzene rings is 1. The molecule has 0 aliphatic carbocycles. The van der Waals surface area contributed by atoms with Gasteiger partial charge < -0.3 is 53.5 Å². The summed E-state index contributed by atoms with van der Waals surface area (Å²) in [6.07, 6.45) is 1.26. The number of rotatable bonds is 12. The van der Waals surface area contributed by atoms with Gasteiger partial charge in [-0.2, -0.15) is 0 Å². The van der Waals surface area contributed by atoms with Gasteiger partial charge in [0, 0.05) is 42.4 Å². The van der Waals surface area contributed by atoms with Gasteiger partial charge in [0.25, 0.3) is 7.82 Å². The molecule has 3 N–H and O–H groups in total. The van der Waals surface area contributed by atoms with E-state index in [0.717, 1.165) is 18.9 Å². The standard InChI is InChI=1S/C20H29N4O11P3S/c1-13-17(9-10-34-38(31,32)35-37(28,29)30)39-19(24(13)12-15-11-22-14(2)23-18(15)21)20(25,36(26,27)33-3)16-7-5-4-6-8-16/h4-8,11,19,25H,9-10,12H2,1-3H3,(H,26,27)(H,31,32)(H2,21,22,23)(H2,28,29,30)/p-4/t19?,20-/m0/s1. The van der Waals surface area contributed by atoms with Gasteiger partial charge in [-0.1, -0.05) is 42.1 Å². The van der Waals surface area contributed by atoms with Crippen LogP contribution >= 0.6 is 35.0 Å². The van der Waals surface area contributed by atoms with E-state index in [1.807, 2.05) is 0 Å². The Labute approximate surface area is 228 Å². The summed E-state index contributed by atoms with van der Waals surface area (Å²) in [6.45, 7) is 2.52. The van der Waals surface area contributed by atoms with Crippen LogP contribution in [0.15, 0.2) is 47.1 Å². The molecule has 39 heavy (non-hydrogen) atoms. The average Bonchev–Trinajstić information content (AvgIpc) is 3.14. The zero-order chi connectivity index (χ0) is 29.2. The van der Waals surface area contributed by atoms with Crippen molar-refractivity contribution in [2.24, 2.45) is 0 Å². The first-order valence-electron chi connectivity index (χ1n) is 11.1. The summed E-state index contributed by atoms with van der Waals surface area (Å²) in [4.78, 5) is 56.4. The maximum atomic E-state index is 13.3. The van der Waals surface area contributed by atoms with Crippen LogP contribution in [-0.4, -0.2) is 39.1 Å². The molecule has 4 atom stereocenters. The molecule has 0 amide bonds. The number of nitrogen functional groups attached to an aromatic ring is 1. The Morgan fingerprint density at radius 3 is 2.36 bits per heavy atom. The maximum Gasteiger partial charge on any atom is 0.271 e. The average molecular weight is 622 g/mol. The van der Waals surface area contributed by atoms with Crippen molar-refractivity contribution in [1.29, 1.82) is 0 Å². The Morgan fingerprint density at radius 2 is 1.79 bits per heavy atom. The highest BCUT2D eigenvalue weighted by atomic mass is 32.2. The van der Waals surface area contributed by atoms with E-state index < -0.39 is 40.6 Å². The van der Waals surface area contributed by atoms with Crippen LogP contribution in [0.25, 0.3) is 0 Å². The zero-order valence-corrected chi connectivity index (χ0v) is 24.4. The number of phosphoric acid groups is 2. The topological polar surface area (TPSA) is 246 Å². The van der Waals surface area contributed by atoms with E-state index in [-0.39, 0.29) is 24.3 Å². The second-order valence-electron chi connectivity index (χ2n) is 8.27. The minimum Gasteiger partial charge on any atom is -0.790 e. The molecule has 1 aliphatic rings. The number of aromatic nitrogens is 2. The van der Waals surface area contributed by atoms with Crippen molar-refractivity contribution in [3.8, 4) is 0 Å². The molecule has 3 unspecified atom stereocenters. The van der Waals surface area contributed by atoms with Crippen LogP contribution in [0.1, 0.15) is 30.3 Å². The van der Waals surface area contributed by atoms with E-state index in [1.165, 1.54) is 35.4 Å². The normalized spacial score (nSPS) is 20.9. The van der Waals surface area contributed by atoms with Gasteiger partial charge in [0.15, 0.2) is 12.9 Å². The zero-order valence-electron chi connectivity index (χ0n) is 20.9. The van der Waals surface area contributed by atoms with Gasteiger partial charge >= 0.3 is 0 Å². The molecule has 2 aromatic rings. The van der Waals surface area contributed by atoms with Crippen LogP contribution in [-0.2, 0) is 38.9 Å². The summed E-state index contributed by atoms with van der Waals surface area (Å²) in [6, 6.07) is 7.54. The SMILES string of the molecule is COP(=O)([O-])[C@@](O)(c1ccccc1)C1SC(CCOP(=O)([O-])OP(=O)([O-])[O-])=C(C)N1Cc1cnc(C)nc1N. The van der Waals surface area contributed by atoms with Gasteiger partial charge in [-0.3, -0.25) is 8.88 Å². The Kier molecular flexibility index (Phi) is 9.87. The third-order valence-electron chi connectivity index (χ3n) is 5.71. The van der Waals surface area contributed by atoms with Gasteiger partial charge in [0.2, 0.25) is 0 Å². The predicted octanol–water partition coefficient (Wildman–Crippen LogP) is 0.239. The number of nitrogens with zero attached hydrogens (tertiary/aromatic N) is 3. The summed E-state index contributed by atoms with van der Waals surface area (Å²) < 4.78 is 48.3. The highest BCUT2D eigenvalue weighted by Crippen LogP contribution is 2.63. The number of anilines is 1. The monoisotopic (exact) mass is 622 g/mol. The van der Waals surface area contributed by atoms with Crippen LogP contribution in [0.3, 0.4) is 0 Å². The second-order valence-corrected chi connectivity index (χ2v) is 14.2. The number of allylic oxidation sites excluding steroid dienone is 1. The first-order chi connectivity index (χ1) is 18.0. The molecular formula is C20H25N4O11P3S-4. The van der Waals surface area contributed by atoms with Crippen LogP contribution in [0.5, 0.6) is 0 Å². The molecule has 1 aromatic heterocycles. The number of aliphatic hydroxyl groups is 1. The van der Waals surface area contributed by atoms with E-state index in [2.05, 4.69) is 18.8 Å². The van der Waals surface area contributed by atoms with Crippen LogP contribution in [0.2, 0.25) is 0 Å². The fourth-order valence-corrected chi connectivity index (χ4v) is 8.43.